The second-order valence-electron chi connectivity index (χ2n) is 3.61. The lowest BCUT2D eigenvalue weighted by molar-refractivity contribution is -0.137. The number of allylic oxidation sites excluding steroid dienone is 1. The van der Waals surface area contributed by atoms with E-state index in [1.54, 1.807) is 6.92 Å². The highest BCUT2D eigenvalue weighted by molar-refractivity contribution is 5.87. The first-order chi connectivity index (χ1) is 7.81. The first-order valence-corrected chi connectivity index (χ1v) is 5.44. The molecule has 2 rings (SSSR count). The van der Waals surface area contributed by atoms with Crippen molar-refractivity contribution in [3.05, 3.63) is 47.0 Å². The molecule has 0 atom stereocenters. The topological polar surface area (TPSA) is 26.3 Å². The smallest absolute Gasteiger partial charge is 0.330 e. The number of ether oxygens (including phenoxy) is 1. The summed E-state index contributed by atoms with van der Waals surface area (Å²) in [6.45, 7) is 2.22. The number of fused-ring (bicyclic) bond motifs is 1. The van der Waals surface area contributed by atoms with Crippen molar-refractivity contribution in [1.82, 2.24) is 0 Å². The molecule has 0 bridgehead atoms. The zero-order valence-corrected chi connectivity index (χ0v) is 9.27. The van der Waals surface area contributed by atoms with Gasteiger partial charge in [-0.3, -0.25) is 0 Å². The van der Waals surface area contributed by atoms with Crippen LogP contribution >= 0.6 is 0 Å². The Labute approximate surface area is 95.2 Å². The molecule has 1 aliphatic carbocycles. The van der Waals surface area contributed by atoms with Gasteiger partial charge in [-0.2, -0.15) is 0 Å². The van der Waals surface area contributed by atoms with Crippen molar-refractivity contribution in [2.24, 2.45) is 0 Å². The van der Waals surface area contributed by atoms with Gasteiger partial charge in [0, 0.05) is 6.08 Å². The van der Waals surface area contributed by atoms with Gasteiger partial charge in [0.2, 0.25) is 0 Å². The van der Waals surface area contributed by atoms with Crippen LogP contribution in [-0.2, 0) is 16.0 Å². The van der Waals surface area contributed by atoms with Crippen LogP contribution in [-0.4, -0.2) is 12.6 Å². The van der Waals surface area contributed by atoms with Gasteiger partial charge >= 0.3 is 5.97 Å². The first-order valence-electron chi connectivity index (χ1n) is 5.44. The number of carbonyl (C=O) groups excluding carboxylic acids is 1. The van der Waals surface area contributed by atoms with Gasteiger partial charge < -0.3 is 4.74 Å². The second kappa shape index (κ2) is 4.79. The summed E-state index contributed by atoms with van der Waals surface area (Å²) in [5, 5.41) is 0. The van der Waals surface area contributed by atoms with E-state index in [0.29, 0.717) is 6.61 Å². The van der Waals surface area contributed by atoms with E-state index >= 15 is 0 Å². The molecule has 2 nitrogen and oxygen atoms in total. The van der Waals surface area contributed by atoms with Crippen molar-refractivity contribution in [3.63, 3.8) is 0 Å². The van der Waals surface area contributed by atoms with E-state index in [2.05, 4.69) is 18.2 Å². The lowest BCUT2D eigenvalue weighted by atomic mass is 10.0. The predicted octanol–water partition coefficient (Wildman–Crippen LogP) is 2.83. The highest BCUT2D eigenvalue weighted by Crippen LogP contribution is 2.23. The summed E-state index contributed by atoms with van der Waals surface area (Å²) in [4.78, 5) is 11.2. The highest BCUT2D eigenvalue weighted by atomic mass is 16.5. The van der Waals surface area contributed by atoms with Crippen LogP contribution in [0.5, 0.6) is 0 Å². The maximum Gasteiger partial charge on any atom is 0.330 e. The van der Waals surface area contributed by atoms with Gasteiger partial charge in [0.05, 0.1) is 6.61 Å². The van der Waals surface area contributed by atoms with Gasteiger partial charge in [-0.15, -0.1) is 0 Å². The average molecular weight is 214 g/mol. The molecule has 0 N–H and O–H groups in total. The molecule has 0 saturated carbocycles. The van der Waals surface area contributed by atoms with Crippen molar-refractivity contribution in [3.8, 4) is 0 Å². The van der Waals surface area contributed by atoms with Gasteiger partial charge in [0.25, 0.3) is 0 Å². The third kappa shape index (κ3) is 2.22. The maximum absolute atomic E-state index is 11.2. The Kier molecular flexibility index (Phi) is 3.20. The quantitative estimate of drug-likeness (QED) is 0.571. The van der Waals surface area contributed by atoms with Crippen LogP contribution in [0.3, 0.4) is 0 Å². The highest BCUT2D eigenvalue weighted by Gasteiger charge is 2.07. The van der Waals surface area contributed by atoms with Crippen LogP contribution in [0.1, 0.15) is 23.6 Å². The predicted molar refractivity (Wildman–Crippen MR) is 64.8 cm³/mol. The molecule has 0 aliphatic heterocycles. The fraction of sp³-hybridized carbons (Fsp3) is 0.214. The van der Waals surface area contributed by atoms with Gasteiger partial charge in [0.1, 0.15) is 0 Å². The van der Waals surface area contributed by atoms with Crippen LogP contribution in [0.2, 0.25) is 0 Å². The molecule has 0 aromatic heterocycles. The number of esters is 1. The molecule has 0 fully saturated rings. The fourth-order valence-corrected chi connectivity index (χ4v) is 1.82. The van der Waals surface area contributed by atoms with Crippen LogP contribution in [0.15, 0.2) is 30.4 Å². The summed E-state index contributed by atoms with van der Waals surface area (Å²) in [6.07, 6.45) is 8.49. The third-order valence-corrected chi connectivity index (χ3v) is 2.55. The average Bonchev–Trinajstić information content (AvgIpc) is 2.75. The molecule has 1 aliphatic rings. The summed E-state index contributed by atoms with van der Waals surface area (Å²) >= 11 is 0. The molecule has 2 heteroatoms. The lowest BCUT2D eigenvalue weighted by Crippen LogP contribution is -1.99. The van der Waals surface area contributed by atoms with E-state index in [0.717, 1.165) is 12.0 Å². The second-order valence-corrected chi connectivity index (χ2v) is 3.61. The fourth-order valence-electron chi connectivity index (χ4n) is 1.82. The Morgan fingerprint density at radius 2 is 2.38 bits per heavy atom. The normalized spacial score (nSPS) is 13.1. The zero-order chi connectivity index (χ0) is 11.4. The minimum Gasteiger partial charge on any atom is -0.463 e. The number of benzene rings is 1. The Bertz CT molecular complexity index is 456. The zero-order valence-electron chi connectivity index (χ0n) is 9.27. The molecule has 0 unspecified atom stereocenters. The minimum absolute atomic E-state index is 0.286. The van der Waals surface area contributed by atoms with E-state index in [9.17, 15) is 4.79 Å². The van der Waals surface area contributed by atoms with E-state index in [4.69, 9.17) is 4.74 Å². The Hall–Kier alpha value is -1.83. The van der Waals surface area contributed by atoms with E-state index in [1.165, 1.54) is 17.2 Å². The van der Waals surface area contributed by atoms with Crippen molar-refractivity contribution >= 4 is 18.1 Å². The molecule has 1 aromatic rings. The van der Waals surface area contributed by atoms with E-state index in [1.807, 2.05) is 18.2 Å². The summed E-state index contributed by atoms with van der Waals surface area (Å²) in [5.41, 5.74) is 3.62. The standard InChI is InChI=1S/C14H14O2/c1-2-16-14(15)10-9-12-6-3-5-11-7-4-8-13(11)12/h3-7,9-10H,2,8H2,1H3. The van der Waals surface area contributed by atoms with Gasteiger partial charge in [-0.25, -0.2) is 4.79 Å². The molecule has 82 valence electrons. The van der Waals surface area contributed by atoms with Crippen LogP contribution in [0.4, 0.5) is 0 Å². The summed E-state index contributed by atoms with van der Waals surface area (Å²) < 4.78 is 4.84. The van der Waals surface area contributed by atoms with Crippen LogP contribution in [0.25, 0.3) is 12.2 Å². The number of hydrogen-bond acceptors (Lipinski definition) is 2. The van der Waals surface area contributed by atoms with E-state index in [-0.39, 0.29) is 5.97 Å². The first kappa shape index (κ1) is 10.7. The number of hydrogen-bond donors (Lipinski definition) is 0. The van der Waals surface area contributed by atoms with Crippen molar-refractivity contribution in [1.29, 1.82) is 0 Å². The van der Waals surface area contributed by atoms with Crippen molar-refractivity contribution < 1.29 is 9.53 Å². The Balaban J connectivity index is 2.17. The van der Waals surface area contributed by atoms with E-state index < -0.39 is 0 Å². The summed E-state index contributed by atoms with van der Waals surface area (Å²) in [6, 6.07) is 6.10. The molecule has 0 spiro atoms. The maximum atomic E-state index is 11.2. The van der Waals surface area contributed by atoms with Crippen LogP contribution < -0.4 is 0 Å². The van der Waals surface area contributed by atoms with Crippen molar-refractivity contribution in [2.75, 3.05) is 6.61 Å². The molecule has 1 aromatic carbocycles. The third-order valence-electron chi connectivity index (χ3n) is 2.55. The lowest BCUT2D eigenvalue weighted by Gasteiger charge is -2.03. The molecule has 0 saturated heterocycles. The molecular weight excluding hydrogens is 200 g/mol. The molecule has 16 heavy (non-hydrogen) atoms. The van der Waals surface area contributed by atoms with Gasteiger partial charge in [0.15, 0.2) is 0 Å². The molecular formula is C14H14O2. The minimum atomic E-state index is -0.286. The molecule has 0 heterocycles. The van der Waals surface area contributed by atoms with Gasteiger partial charge in [-0.05, 0) is 36.1 Å². The number of carbonyl (C=O) groups is 1. The number of rotatable bonds is 3. The summed E-state index contributed by atoms with van der Waals surface area (Å²) in [5.74, 6) is -0.286. The monoisotopic (exact) mass is 214 g/mol. The Morgan fingerprint density at radius 3 is 3.19 bits per heavy atom. The summed E-state index contributed by atoms with van der Waals surface area (Å²) in [7, 11) is 0. The largest absolute Gasteiger partial charge is 0.463 e. The SMILES string of the molecule is CCOC(=O)C=Cc1cccc2c1CC=C2. The molecule has 0 radical (unpaired) electrons. The van der Waals surface area contributed by atoms with Crippen LogP contribution in [0, 0.1) is 0 Å². The molecule has 0 amide bonds. The van der Waals surface area contributed by atoms with Crippen molar-refractivity contribution in [2.45, 2.75) is 13.3 Å². The van der Waals surface area contributed by atoms with Gasteiger partial charge in [-0.1, -0.05) is 30.4 Å². The Morgan fingerprint density at radius 1 is 1.50 bits per heavy atom.